The molecule has 5 aromatic rings. The van der Waals surface area contributed by atoms with Crippen LogP contribution < -0.4 is 5.32 Å². The molecule has 0 spiro atoms. The first kappa shape index (κ1) is 17.6. The van der Waals surface area contributed by atoms with Crippen molar-refractivity contribution in [3.8, 4) is 6.07 Å². The molecule has 9 heteroatoms. The van der Waals surface area contributed by atoms with Crippen molar-refractivity contribution in [1.29, 1.82) is 5.26 Å². The van der Waals surface area contributed by atoms with Crippen LogP contribution in [0.5, 0.6) is 0 Å². The molecule has 0 aliphatic rings. The predicted octanol–water partition coefficient (Wildman–Crippen LogP) is 4.32. The minimum absolute atomic E-state index is 0.118. The molecule has 0 atom stereocenters. The van der Waals surface area contributed by atoms with Crippen molar-refractivity contribution in [2.24, 2.45) is 0 Å². The number of carbonyl (C=O) groups is 1. The van der Waals surface area contributed by atoms with Crippen molar-refractivity contribution >= 4 is 66.2 Å². The second-order valence-electron chi connectivity index (χ2n) is 6.21. The summed E-state index contributed by atoms with van der Waals surface area (Å²) in [6.07, 6.45) is 0. The van der Waals surface area contributed by atoms with E-state index in [4.69, 9.17) is 0 Å². The average Bonchev–Trinajstić information content (AvgIpc) is 3.29. The van der Waals surface area contributed by atoms with Crippen LogP contribution in [0.4, 0.5) is 5.00 Å². The molecule has 0 fully saturated rings. The Kier molecular flexibility index (Phi) is 4.35. The quantitative estimate of drug-likeness (QED) is 0.423. The number of rotatable bonds is 4. The molecule has 1 amide bonds. The van der Waals surface area contributed by atoms with Crippen LogP contribution in [0, 0.1) is 11.3 Å². The number of carbonyl (C=O) groups excluding carboxylic acids is 1. The first-order chi connectivity index (χ1) is 14.2. The number of hydrogen-bond acceptors (Lipinski definition) is 7. The molecule has 0 aliphatic heterocycles. The first-order valence-corrected chi connectivity index (χ1v) is 10.5. The van der Waals surface area contributed by atoms with E-state index in [-0.39, 0.29) is 11.7 Å². The van der Waals surface area contributed by atoms with Crippen molar-refractivity contribution in [1.82, 2.24) is 20.2 Å². The second kappa shape index (κ2) is 7.16. The standard InChI is InChI=1S/C20H12N6OS2/c21-9-13-11-5-2-4-8-15(11)29-19(13)23-16(27)10-28-20-24-18-17(25-26-20)12-6-1-3-7-14(12)22-18/h1-8H,10H2,(H,23,27)(H,22,24,26). The summed E-state index contributed by atoms with van der Waals surface area (Å²) in [6.45, 7) is 0. The maximum atomic E-state index is 12.4. The lowest BCUT2D eigenvalue weighted by atomic mass is 10.2. The fourth-order valence-electron chi connectivity index (χ4n) is 3.10. The zero-order valence-corrected chi connectivity index (χ0v) is 16.5. The summed E-state index contributed by atoms with van der Waals surface area (Å²) in [5, 5.41) is 23.4. The van der Waals surface area contributed by atoms with Gasteiger partial charge in [-0.25, -0.2) is 4.98 Å². The van der Waals surface area contributed by atoms with Gasteiger partial charge in [-0.2, -0.15) is 5.26 Å². The minimum Gasteiger partial charge on any atom is -0.338 e. The van der Waals surface area contributed by atoms with Crippen LogP contribution in [-0.2, 0) is 4.79 Å². The number of para-hydroxylation sites is 1. The highest BCUT2D eigenvalue weighted by molar-refractivity contribution is 7.99. The van der Waals surface area contributed by atoms with Crippen molar-refractivity contribution < 1.29 is 4.79 Å². The summed E-state index contributed by atoms with van der Waals surface area (Å²) in [4.78, 5) is 20.1. The Morgan fingerprint density at radius 1 is 1.14 bits per heavy atom. The smallest absolute Gasteiger partial charge is 0.235 e. The Bertz CT molecular complexity index is 1430. The molecule has 0 bridgehead atoms. The van der Waals surface area contributed by atoms with Gasteiger partial charge in [-0.3, -0.25) is 4.79 Å². The fraction of sp³-hybridized carbons (Fsp3) is 0.0500. The lowest BCUT2D eigenvalue weighted by molar-refractivity contribution is -0.113. The maximum absolute atomic E-state index is 12.4. The number of anilines is 1. The monoisotopic (exact) mass is 416 g/mol. The highest BCUT2D eigenvalue weighted by atomic mass is 32.2. The molecule has 2 aromatic carbocycles. The van der Waals surface area contributed by atoms with Crippen LogP contribution in [0.3, 0.4) is 0 Å². The SMILES string of the molecule is N#Cc1c(NC(=O)CSc2nnc3c(n2)[nH]c2ccccc23)sc2ccccc12. The molecular formula is C20H12N6OS2. The van der Waals surface area contributed by atoms with Crippen LogP contribution >= 0.6 is 23.1 Å². The third-order valence-corrected chi connectivity index (χ3v) is 6.32. The van der Waals surface area contributed by atoms with Gasteiger partial charge in [0, 0.05) is 21.0 Å². The van der Waals surface area contributed by atoms with E-state index in [0.717, 1.165) is 21.0 Å². The summed E-state index contributed by atoms with van der Waals surface area (Å²) in [6, 6.07) is 17.6. The Morgan fingerprint density at radius 3 is 2.79 bits per heavy atom. The largest absolute Gasteiger partial charge is 0.338 e. The molecule has 29 heavy (non-hydrogen) atoms. The Hall–Kier alpha value is -3.48. The Balaban J connectivity index is 1.33. The summed E-state index contributed by atoms with van der Waals surface area (Å²) in [5.74, 6) is -0.106. The van der Waals surface area contributed by atoms with Crippen LogP contribution in [-0.4, -0.2) is 31.8 Å². The number of fused-ring (bicyclic) bond motifs is 4. The second-order valence-corrected chi connectivity index (χ2v) is 8.21. The molecule has 3 heterocycles. The van der Waals surface area contributed by atoms with Crippen LogP contribution in [0.15, 0.2) is 53.7 Å². The molecule has 0 radical (unpaired) electrons. The molecule has 0 saturated carbocycles. The van der Waals surface area contributed by atoms with Crippen molar-refractivity contribution in [2.75, 3.05) is 11.1 Å². The van der Waals surface area contributed by atoms with E-state index in [1.807, 2.05) is 48.5 Å². The number of nitrogens with zero attached hydrogens (tertiary/aromatic N) is 4. The van der Waals surface area contributed by atoms with Gasteiger partial charge in [0.05, 0.1) is 11.3 Å². The number of thioether (sulfide) groups is 1. The van der Waals surface area contributed by atoms with Crippen molar-refractivity contribution in [3.63, 3.8) is 0 Å². The highest BCUT2D eigenvalue weighted by Crippen LogP contribution is 2.35. The average molecular weight is 416 g/mol. The van der Waals surface area contributed by atoms with E-state index >= 15 is 0 Å². The number of thiophene rings is 1. The number of nitriles is 1. The molecule has 0 unspecified atom stereocenters. The van der Waals surface area contributed by atoms with Gasteiger partial charge in [0.25, 0.3) is 0 Å². The predicted molar refractivity (Wildman–Crippen MR) is 115 cm³/mol. The van der Waals surface area contributed by atoms with Gasteiger partial charge in [0.2, 0.25) is 11.1 Å². The number of benzene rings is 2. The third kappa shape index (κ3) is 3.18. The number of hydrogen-bond donors (Lipinski definition) is 2. The molecule has 140 valence electrons. The summed E-state index contributed by atoms with van der Waals surface area (Å²) >= 11 is 2.59. The van der Waals surface area contributed by atoms with Crippen LogP contribution in [0.1, 0.15) is 5.56 Å². The van der Waals surface area contributed by atoms with E-state index < -0.39 is 0 Å². The summed E-state index contributed by atoms with van der Waals surface area (Å²) in [7, 11) is 0. The highest BCUT2D eigenvalue weighted by Gasteiger charge is 2.15. The molecule has 2 N–H and O–H groups in total. The number of H-pyrrole nitrogens is 1. The zero-order chi connectivity index (χ0) is 19.8. The molecule has 5 rings (SSSR count). The molecule has 0 aliphatic carbocycles. The number of aromatic amines is 1. The summed E-state index contributed by atoms with van der Waals surface area (Å²) in [5.41, 5.74) is 2.78. The van der Waals surface area contributed by atoms with Gasteiger partial charge in [0.1, 0.15) is 16.6 Å². The number of nitrogens with one attached hydrogen (secondary N) is 2. The lowest BCUT2D eigenvalue weighted by Gasteiger charge is -2.02. The van der Waals surface area contributed by atoms with Crippen molar-refractivity contribution in [2.45, 2.75) is 5.16 Å². The van der Waals surface area contributed by atoms with Gasteiger partial charge in [-0.15, -0.1) is 21.5 Å². The molecule has 0 saturated heterocycles. The van der Waals surface area contributed by atoms with Gasteiger partial charge in [-0.05, 0) is 12.1 Å². The van der Waals surface area contributed by atoms with Crippen LogP contribution in [0.2, 0.25) is 0 Å². The minimum atomic E-state index is -0.224. The van der Waals surface area contributed by atoms with Crippen LogP contribution in [0.25, 0.3) is 32.2 Å². The third-order valence-electron chi connectivity index (χ3n) is 4.40. The maximum Gasteiger partial charge on any atom is 0.235 e. The zero-order valence-electron chi connectivity index (χ0n) is 14.8. The normalized spacial score (nSPS) is 11.1. The Morgan fingerprint density at radius 2 is 1.93 bits per heavy atom. The van der Waals surface area contributed by atoms with E-state index in [9.17, 15) is 10.1 Å². The lowest BCUT2D eigenvalue weighted by Crippen LogP contribution is -2.14. The molecule has 3 aromatic heterocycles. The van der Waals surface area contributed by atoms with E-state index in [2.05, 4.69) is 31.6 Å². The van der Waals surface area contributed by atoms with Gasteiger partial charge >= 0.3 is 0 Å². The fourth-order valence-corrected chi connectivity index (χ4v) is 4.76. The van der Waals surface area contributed by atoms with Gasteiger partial charge in [0.15, 0.2) is 5.65 Å². The number of aromatic nitrogens is 4. The number of amides is 1. The topological polar surface area (TPSA) is 107 Å². The molecular weight excluding hydrogens is 404 g/mol. The van der Waals surface area contributed by atoms with Gasteiger partial charge < -0.3 is 10.3 Å². The van der Waals surface area contributed by atoms with Crippen molar-refractivity contribution in [3.05, 3.63) is 54.1 Å². The molecule has 7 nitrogen and oxygen atoms in total. The first-order valence-electron chi connectivity index (χ1n) is 8.68. The van der Waals surface area contributed by atoms with E-state index in [1.54, 1.807) is 0 Å². The Labute approximate surface area is 172 Å². The summed E-state index contributed by atoms with van der Waals surface area (Å²) < 4.78 is 0.962. The van der Waals surface area contributed by atoms with E-state index in [1.165, 1.54) is 23.1 Å². The van der Waals surface area contributed by atoms with E-state index in [0.29, 0.717) is 26.9 Å². The van der Waals surface area contributed by atoms with Gasteiger partial charge in [-0.1, -0.05) is 48.2 Å².